The lowest BCUT2D eigenvalue weighted by Crippen LogP contribution is -2.14. The molecule has 27 heavy (non-hydrogen) atoms. The van der Waals surface area contributed by atoms with Gasteiger partial charge in [0.1, 0.15) is 5.75 Å². The van der Waals surface area contributed by atoms with Gasteiger partial charge in [-0.25, -0.2) is 0 Å². The van der Waals surface area contributed by atoms with Crippen molar-refractivity contribution in [2.75, 3.05) is 17.7 Å². The van der Waals surface area contributed by atoms with Gasteiger partial charge in [0, 0.05) is 43.2 Å². The van der Waals surface area contributed by atoms with Gasteiger partial charge in [-0.15, -0.1) is 0 Å². The zero-order valence-electron chi connectivity index (χ0n) is 15.7. The number of rotatable bonds is 6. The van der Waals surface area contributed by atoms with E-state index >= 15 is 0 Å². The monoisotopic (exact) mass is 365 g/mol. The molecule has 6 heteroatoms. The summed E-state index contributed by atoms with van der Waals surface area (Å²) in [6.45, 7) is 1.44. The Morgan fingerprint density at radius 3 is 2.63 bits per heavy atom. The number of carbonyl (C=O) groups is 2. The quantitative estimate of drug-likeness (QED) is 0.699. The lowest BCUT2D eigenvalue weighted by atomic mass is 10.1. The molecule has 1 heterocycles. The molecule has 0 unspecified atom stereocenters. The van der Waals surface area contributed by atoms with Gasteiger partial charge in [0.25, 0.3) is 0 Å². The van der Waals surface area contributed by atoms with E-state index < -0.39 is 0 Å². The number of benzene rings is 2. The SMILES string of the molecule is COc1ccc(NC(C)=O)cc1NC(=O)CCc1cn(C)c2ccccc12. The molecule has 3 aromatic rings. The van der Waals surface area contributed by atoms with Gasteiger partial charge < -0.3 is 19.9 Å². The predicted octanol–water partition coefficient (Wildman–Crippen LogP) is 3.72. The van der Waals surface area contributed by atoms with Crippen LogP contribution < -0.4 is 15.4 Å². The molecule has 0 aliphatic heterocycles. The smallest absolute Gasteiger partial charge is 0.224 e. The van der Waals surface area contributed by atoms with Crippen LogP contribution in [0.25, 0.3) is 10.9 Å². The number of fused-ring (bicyclic) bond motifs is 1. The van der Waals surface area contributed by atoms with E-state index in [1.54, 1.807) is 25.3 Å². The van der Waals surface area contributed by atoms with E-state index in [0.29, 0.717) is 30.0 Å². The number of hydrogen-bond donors (Lipinski definition) is 2. The average molecular weight is 365 g/mol. The summed E-state index contributed by atoms with van der Waals surface area (Å²) in [4.78, 5) is 23.7. The van der Waals surface area contributed by atoms with E-state index in [9.17, 15) is 9.59 Å². The van der Waals surface area contributed by atoms with Crippen molar-refractivity contribution in [1.82, 2.24) is 4.57 Å². The first-order valence-corrected chi connectivity index (χ1v) is 8.76. The second-order valence-corrected chi connectivity index (χ2v) is 6.43. The normalized spacial score (nSPS) is 10.6. The number of ether oxygens (including phenoxy) is 1. The fraction of sp³-hybridized carbons (Fsp3) is 0.238. The molecule has 0 saturated carbocycles. The second kappa shape index (κ2) is 7.95. The fourth-order valence-corrected chi connectivity index (χ4v) is 3.17. The van der Waals surface area contributed by atoms with Crippen LogP contribution in [-0.4, -0.2) is 23.5 Å². The van der Waals surface area contributed by atoms with Crippen molar-refractivity contribution in [2.24, 2.45) is 7.05 Å². The molecule has 2 N–H and O–H groups in total. The molecular weight excluding hydrogens is 342 g/mol. The Morgan fingerprint density at radius 2 is 1.89 bits per heavy atom. The van der Waals surface area contributed by atoms with Gasteiger partial charge in [0.15, 0.2) is 0 Å². The molecule has 0 fully saturated rings. The highest BCUT2D eigenvalue weighted by Gasteiger charge is 2.12. The zero-order valence-corrected chi connectivity index (χ0v) is 15.7. The molecule has 3 rings (SSSR count). The van der Waals surface area contributed by atoms with E-state index in [0.717, 1.165) is 16.5 Å². The van der Waals surface area contributed by atoms with Crippen molar-refractivity contribution >= 4 is 34.1 Å². The Morgan fingerprint density at radius 1 is 1.11 bits per heavy atom. The van der Waals surface area contributed by atoms with Gasteiger partial charge in [-0.3, -0.25) is 9.59 Å². The number of para-hydroxylation sites is 1. The molecule has 1 aromatic heterocycles. The van der Waals surface area contributed by atoms with Crippen LogP contribution in [0.15, 0.2) is 48.7 Å². The molecule has 2 aromatic carbocycles. The van der Waals surface area contributed by atoms with Gasteiger partial charge >= 0.3 is 0 Å². The van der Waals surface area contributed by atoms with Crippen LogP contribution in [0.4, 0.5) is 11.4 Å². The maximum Gasteiger partial charge on any atom is 0.224 e. The van der Waals surface area contributed by atoms with Crippen molar-refractivity contribution in [2.45, 2.75) is 19.8 Å². The Hall–Kier alpha value is -3.28. The van der Waals surface area contributed by atoms with Crippen molar-refractivity contribution < 1.29 is 14.3 Å². The number of amides is 2. The topological polar surface area (TPSA) is 72.4 Å². The van der Waals surface area contributed by atoms with Crippen LogP contribution in [0.3, 0.4) is 0 Å². The minimum atomic E-state index is -0.173. The van der Waals surface area contributed by atoms with Gasteiger partial charge in [-0.2, -0.15) is 0 Å². The number of anilines is 2. The summed E-state index contributed by atoms with van der Waals surface area (Å²) in [7, 11) is 3.55. The van der Waals surface area contributed by atoms with Crippen LogP contribution in [0, 0.1) is 0 Å². The predicted molar refractivity (Wildman–Crippen MR) is 107 cm³/mol. The molecular formula is C21H23N3O3. The van der Waals surface area contributed by atoms with E-state index in [1.807, 2.05) is 19.2 Å². The minimum absolute atomic E-state index is 0.110. The fourth-order valence-electron chi connectivity index (χ4n) is 3.17. The Kier molecular flexibility index (Phi) is 5.45. The van der Waals surface area contributed by atoms with Crippen LogP contribution in [0.1, 0.15) is 18.9 Å². The zero-order chi connectivity index (χ0) is 19.4. The third-order valence-corrected chi connectivity index (χ3v) is 4.39. The average Bonchev–Trinajstić information content (AvgIpc) is 2.96. The number of carbonyl (C=O) groups excluding carboxylic acids is 2. The Labute approximate surface area is 158 Å². The van der Waals surface area contributed by atoms with Gasteiger partial charge in [-0.05, 0) is 36.2 Å². The standard InChI is InChI=1S/C21H23N3O3/c1-14(25)22-16-9-10-20(27-3)18(12-16)23-21(26)11-8-15-13-24(2)19-7-5-4-6-17(15)19/h4-7,9-10,12-13H,8,11H2,1-3H3,(H,22,25)(H,23,26). The molecule has 0 spiro atoms. The van der Waals surface area contributed by atoms with Crippen LogP contribution >= 0.6 is 0 Å². The molecule has 140 valence electrons. The molecule has 0 aliphatic rings. The molecule has 0 radical (unpaired) electrons. The van der Waals surface area contributed by atoms with Crippen molar-refractivity contribution in [3.8, 4) is 5.75 Å². The van der Waals surface area contributed by atoms with Crippen molar-refractivity contribution in [3.63, 3.8) is 0 Å². The number of nitrogens with zero attached hydrogens (tertiary/aromatic N) is 1. The summed E-state index contributed by atoms with van der Waals surface area (Å²) < 4.78 is 7.37. The maximum absolute atomic E-state index is 12.5. The molecule has 2 amide bonds. The van der Waals surface area contributed by atoms with Gasteiger partial charge in [-0.1, -0.05) is 18.2 Å². The first-order chi connectivity index (χ1) is 13.0. The van der Waals surface area contributed by atoms with Crippen molar-refractivity contribution in [3.05, 3.63) is 54.2 Å². The molecule has 0 aliphatic carbocycles. The van der Waals surface area contributed by atoms with Crippen LogP contribution in [0.5, 0.6) is 5.75 Å². The number of nitrogens with one attached hydrogen (secondary N) is 2. The Balaban J connectivity index is 1.71. The molecule has 6 nitrogen and oxygen atoms in total. The third-order valence-electron chi connectivity index (χ3n) is 4.39. The summed E-state index contributed by atoms with van der Waals surface area (Å²) in [5, 5.41) is 6.74. The molecule has 0 atom stereocenters. The highest BCUT2D eigenvalue weighted by molar-refractivity contribution is 5.95. The van der Waals surface area contributed by atoms with E-state index in [1.165, 1.54) is 6.92 Å². The highest BCUT2D eigenvalue weighted by atomic mass is 16.5. The first-order valence-electron chi connectivity index (χ1n) is 8.76. The lowest BCUT2D eigenvalue weighted by Gasteiger charge is -2.12. The first kappa shape index (κ1) is 18.5. The maximum atomic E-state index is 12.5. The minimum Gasteiger partial charge on any atom is -0.495 e. The van der Waals surface area contributed by atoms with Gasteiger partial charge in [0.2, 0.25) is 11.8 Å². The second-order valence-electron chi connectivity index (χ2n) is 6.43. The van der Waals surface area contributed by atoms with Crippen LogP contribution in [-0.2, 0) is 23.1 Å². The summed E-state index contributed by atoms with van der Waals surface area (Å²) in [5.74, 6) is 0.261. The number of aryl methyl sites for hydroxylation is 2. The number of methoxy groups -OCH3 is 1. The van der Waals surface area contributed by atoms with E-state index in [-0.39, 0.29) is 11.8 Å². The van der Waals surface area contributed by atoms with E-state index in [4.69, 9.17) is 4.74 Å². The summed E-state index contributed by atoms with van der Waals surface area (Å²) in [6.07, 6.45) is 3.05. The largest absolute Gasteiger partial charge is 0.495 e. The number of hydrogen-bond acceptors (Lipinski definition) is 3. The highest BCUT2D eigenvalue weighted by Crippen LogP contribution is 2.28. The molecule has 0 bridgehead atoms. The summed E-state index contributed by atoms with van der Waals surface area (Å²) >= 11 is 0. The lowest BCUT2D eigenvalue weighted by molar-refractivity contribution is -0.116. The van der Waals surface area contributed by atoms with Crippen molar-refractivity contribution in [1.29, 1.82) is 0 Å². The molecule has 0 saturated heterocycles. The summed E-state index contributed by atoms with van der Waals surface area (Å²) in [5.41, 5.74) is 3.43. The number of aromatic nitrogens is 1. The third kappa shape index (κ3) is 4.28. The Bertz CT molecular complexity index is 992. The van der Waals surface area contributed by atoms with Gasteiger partial charge in [0.05, 0.1) is 12.8 Å². The summed E-state index contributed by atoms with van der Waals surface area (Å²) in [6, 6.07) is 13.3. The van der Waals surface area contributed by atoms with E-state index in [2.05, 4.69) is 33.5 Å². The van der Waals surface area contributed by atoms with Crippen LogP contribution in [0.2, 0.25) is 0 Å².